The molecular formula is C16H16N2OS. The van der Waals surface area contributed by atoms with E-state index >= 15 is 0 Å². The van der Waals surface area contributed by atoms with Gasteiger partial charge in [0.05, 0.1) is 5.52 Å². The molecule has 20 heavy (non-hydrogen) atoms. The van der Waals surface area contributed by atoms with Gasteiger partial charge in [-0.1, -0.05) is 6.07 Å². The average Bonchev–Trinajstić information content (AvgIpc) is 2.91. The molecule has 3 rings (SSSR count). The van der Waals surface area contributed by atoms with Crippen molar-refractivity contribution in [3.05, 3.63) is 58.4 Å². The highest BCUT2D eigenvalue weighted by atomic mass is 32.1. The highest BCUT2D eigenvalue weighted by Crippen LogP contribution is 2.30. The highest BCUT2D eigenvalue weighted by Gasteiger charge is 2.15. The summed E-state index contributed by atoms with van der Waals surface area (Å²) in [7, 11) is 0. The number of rotatable bonds is 4. The second-order valence-corrected chi connectivity index (χ2v) is 5.94. The maximum Gasteiger partial charge on any atom is 0.145 e. The van der Waals surface area contributed by atoms with Crippen molar-refractivity contribution < 1.29 is 4.74 Å². The minimum Gasteiger partial charge on any atom is -0.483 e. The van der Waals surface area contributed by atoms with Gasteiger partial charge in [0.25, 0.3) is 0 Å². The number of ether oxygens (including phenoxy) is 1. The fourth-order valence-electron chi connectivity index (χ4n) is 2.18. The van der Waals surface area contributed by atoms with Crippen molar-refractivity contribution in [1.29, 1.82) is 0 Å². The summed E-state index contributed by atoms with van der Waals surface area (Å²) in [5.74, 6) is 0.831. The van der Waals surface area contributed by atoms with E-state index in [9.17, 15) is 0 Å². The lowest BCUT2D eigenvalue weighted by atomic mass is 10.2. The Morgan fingerprint density at radius 3 is 2.85 bits per heavy atom. The number of nitrogens with zero attached hydrogens (tertiary/aromatic N) is 1. The number of benzene rings is 1. The van der Waals surface area contributed by atoms with Gasteiger partial charge < -0.3 is 10.5 Å². The lowest BCUT2D eigenvalue weighted by Crippen LogP contribution is -2.17. The van der Waals surface area contributed by atoms with Crippen molar-refractivity contribution in [1.82, 2.24) is 4.98 Å². The Bertz CT molecular complexity index is 718. The SMILES string of the molecule is Cc1ccc(C(CN)Oc2cccc3ncccc23)s1. The zero-order valence-corrected chi connectivity index (χ0v) is 12.1. The molecule has 0 spiro atoms. The molecule has 1 aromatic carbocycles. The topological polar surface area (TPSA) is 48.1 Å². The van der Waals surface area contributed by atoms with Crippen LogP contribution in [0.25, 0.3) is 10.9 Å². The fourth-order valence-corrected chi connectivity index (χ4v) is 3.10. The molecule has 0 bridgehead atoms. The molecule has 0 aliphatic carbocycles. The van der Waals surface area contributed by atoms with E-state index in [2.05, 4.69) is 24.0 Å². The maximum absolute atomic E-state index is 6.12. The molecule has 3 aromatic rings. The van der Waals surface area contributed by atoms with Gasteiger partial charge in [0.15, 0.2) is 0 Å². The zero-order chi connectivity index (χ0) is 13.9. The first kappa shape index (κ1) is 13.1. The van der Waals surface area contributed by atoms with Crippen molar-refractivity contribution in [2.45, 2.75) is 13.0 Å². The van der Waals surface area contributed by atoms with Crippen molar-refractivity contribution in [3.8, 4) is 5.75 Å². The lowest BCUT2D eigenvalue weighted by molar-refractivity contribution is 0.221. The first-order valence-corrected chi connectivity index (χ1v) is 7.36. The van der Waals surface area contributed by atoms with Crippen LogP contribution in [0.3, 0.4) is 0 Å². The van der Waals surface area contributed by atoms with E-state index < -0.39 is 0 Å². The van der Waals surface area contributed by atoms with E-state index in [0.717, 1.165) is 21.5 Å². The molecular weight excluding hydrogens is 268 g/mol. The van der Waals surface area contributed by atoms with Gasteiger partial charge in [-0.15, -0.1) is 11.3 Å². The number of thiophene rings is 1. The number of aromatic nitrogens is 1. The van der Waals surface area contributed by atoms with Crippen molar-refractivity contribution in [3.63, 3.8) is 0 Å². The summed E-state index contributed by atoms with van der Waals surface area (Å²) in [5, 5.41) is 1.02. The molecule has 0 fully saturated rings. The smallest absolute Gasteiger partial charge is 0.145 e. The molecule has 2 heterocycles. The van der Waals surface area contributed by atoms with Gasteiger partial charge in [0.2, 0.25) is 0 Å². The molecule has 102 valence electrons. The van der Waals surface area contributed by atoms with E-state index in [0.29, 0.717) is 6.54 Å². The third-order valence-corrected chi connectivity index (χ3v) is 4.26. The van der Waals surface area contributed by atoms with Crippen molar-refractivity contribution in [2.75, 3.05) is 6.54 Å². The van der Waals surface area contributed by atoms with Gasteiger partial charge in [-0.25, -0.2) is 0 Å². The van der Waals surface area contributed by atoms with Crippen molar-refractivity contribution >= 4 is 22.2 Å². The maximum atomic E-state index is 6.12. The summed E-state index contributed by atoms with van der Waals surface area (Å²) in [4.78, 5) is 6.77. The Balaban J connectivity index is 1.95. The predicted molar refractivity (Wildman–Crippen MR) is 83.2 cm³/mol. The monoisotopic (exact) mass is 284 g/mol. The molecule has 0 radical (unpaired) electrons. The number of fused-ring (bicyclic) bond motifs is 1. The quantitative estimate of drug-likeness (QED) is 0.795. The molecule has 0 saturated heterocycles. The molecule has 0 saturated carbocycles. The first-order chi connectivity index (χ1) is 9.78. The van der Waals surface area contributed by atoms with Crippen LogP contribution in [0.5, 0.6) is 5.75 Å². The van der Waals surface area contributed by atoms with Crippen LogP contribution in [0, 0.1) is 6.92 Å². The fraction of sp³-hybridized carbons (Fsp3) is 0.188. The van der Waals surface area contributed by atoms with Crippen LogP contribution in [0.1, 0.15) is 15.9 Å². The molecule has 3 nitrogen and oxygen atoms in total. The summed E-state index contributed by atoms with van der Waals surface area (Å²) >= 11 is 1.72. The van der Waals surface area contributed by atoms with Crippen LogP contribution in [-0.4, -0.2) is 11.5 Å². The Hall–Kier alpha value is -1.91. The predicted octanol–water partition coefficient (Wildman–Crippen LogP) is 3.68. The molecule has 4 heteroatoms. The van der Waals surface area contributed by atoms with Gasteiger partial charge in [0, 0.05) is 27.9 Å². The van der Waals surface area contributed by atoms with E-state index in [1.807, 2.05) is 30.3 Å². The third kappa shape index (κ3) is 2.53. The van der Waals surface area contributed by atoms with Gasteiger partial charge in [-0.05, 0) is 43.3 Å². The number of pyridine rings is 1. The van der Waals surface area contributed by atoms with Gasteiger partial charge >= 0.3 is 0 Å². The molecule has 0 aliphatic heterocycles. The standard InChI is InChI=1S/C16H16N2OS/c1-11-7-8-16(20-11)15(10-17)19-14-6-2-5-13-12(14)4-3-9-18-13/h2-9,15H,10,17H2,1H3. The molecule has 1 unspecified atom stereocenters. The van der Waals surface area contributed by atoms with Crippen LogP contribution in [0.2, 0.25) is 0 Å². The van der Waals surface area contributed by atoms with E-state index in [1.54, 1.807) is 17.5 Å². The Morgan fingerprint density at radius 1 is 1.20 bits per heavy atom. The van der Waals surface area contributed by atoms with Gasteiger partial charge in [0.1, 0.15) is 11.9 Å². The van der Waals surface area contributed by atoms with E-state index in [1.165, 1.54) is 4.88 Å². The summed E-state index contributed by atoms with van der Waals surface area (Å²) < 4.78 is 6.12. The molecule has 2 aromatic heterocycles. The zero-order valence-electron chi connectivity index (χ0n) is 11.2. The number of aryl methyl sites for hydroxylation is 1. The third-order valence-electron chi connectivity index (χ3n) is 3.17. The van der Waals surface area contributed by atoms with Crippen LogP contribution in [0.15, 0.2) is 48.7 Å². The van der Waals surface area contributed by atoms with Crippen LogP contribution in [-0.2, 0) is 0 Å². The summed E-state index contributed by atoms with van der Waals surface area (Å²) in [6, 6.07) is 14.0. The second-order valence-electron chi connectivity index (χ2n) is 4.62. The molecule has 1 atom stereocenters. The number of hydrogen-bond acceptors (Lipinski definition) is 4. The Labute approximate surface area is 122 Å². The molecule has 2 N–H and O–H groups in total. The second kappa shape index (κ2) is 5.61. The van der Waals surface area contributed by atoms with Gasteiger partial charge in [-0.2, -0.15) is 0 Å². The largest absolute Gasteiger partial charge is 0.483 e. The minimum absolute atomic E-state index is 0.112. The molecule has 0 amide bonds. The van der Waals surface area contributed by atoms with Crippen LogP contribution < -0.4 is 10.5 Å². The first-order valence-electron chi connectivity index (χ1n) is 6.55. The minimum atomic E-state index is -0.112. The van der Waals surface area contributed by atoms with Crippen LogP contribution >= 0.6 is 11.3 Å². The van der Waals surface area contributed by atoms with Crippen LogP contribution in [0.4, 0.5) is 0 Å². The lowest BCUT2D eigenvalue weighted by Gasteiger charge is -2.17. The van der Waals surface area contributed by atoms with E-state index in [4.69, 9.17) is 10.5 Å². The summed E-state index contributed by atoms with van der Waals surface area (Å²) in [6.07, 6.45) is 1.68. The summed E-state index contributed by atoms with van der Waals surface area (Å²) in [5.41, 5.74) is 6.81. The molecule has 0 aliphatic rings. The Morgan fingerprint density at radius 2 is 2.10 bits per heavy atom. The number of hydrogen-bond donors (Lipinski definition) is 1. The Kier molecular flexibility index (Phi) is 3.67. The average molecular weight is 284 g/mol. The number of nitrogens with two attached hydrogens (primary N) is 1. The normalized spacial score (nSPS) is 12.5. The van der Waals surface area contributed by atoms with Gasteiger partial charge in [-0.3, -0.25) is 4.98 Å². The van der Waals surface area contributed by atoms with Crippen molar-refractivity contribution in [2.24, 2.45) is 5.73 Å². The van der Waals surface area contributed by atoms with E-state index in [-0.39, 0.29) is 6.10 Å². The summed E-state index contributed by atoms with van der Waals surface area (Å²) in [6.45, 7) is 2.54. The highest BCUT2D eigenvalue weighted by molar-refractivity contribution is 7.12.